The number of nitrogens with zero attached hydrogens (tertiary/aromatic N) is 3. The van der Waals surface area contributed by atoms with Gasteiger partial charge in [0.15, 0.2) is 0 Å². The monoisotopic (exact) mass is 312 g/mol. The summed E-state index contributed by atoms with van der Waals surface area (Å²) in [5, 5.41) is 7.67. The highest BCUT2D eigenvalue weighted by molar-refractivity contribution is 6.31. The predicted molar refractivity (Wildman–Crippen MR) is 80.2 cm³/mol. The molecule has 116 valence electrons. The lowest BCUT2D eigenvalue weighted by molar-refractivity contribution is -0.127. The SMILES string of the molecule is Cc1nn(CC(=O)NCCCN2CCCC2=O)c(C)c1Cl. The maximum atomic E-state index is 11.9. The van der Waals surface area contributed by atoms with Gasteiger partial charge in [-0.05, 0) is 26.7 Å². The van der Waals surface area contributed by atoms with Crippen LogP contribution in [0.3, 0.4) is 0 Å². The van der Waals surface area contributed by atoms with E-state index < -0.39 is 0 Å². The van der Waals surface area contributed by atoms with Gasteiger partial charge in [0, 0.05) is 26.1 Å². The fourth-order valence-electron chi connectivity index (χ4n) is 2.46. The van der Waals surface area contributed by atoms with E-state index in [1.807, 2.05) is 18.7 Å². The molecule has 0 bridgehead atoms. The first-order chi connectivity index (χ1) is 9.99. The van der Waals surface area contributed by atoms with Crippen molar-refractivity contribution in [1.29, 1.82) is 0 Å². The van der Waals surface area contributed by atoms with Gasteiger partial charge in [-0.15, -0.1) is 0 Å². The third kappa shape index (κ3) is 3.97. The Bertz CT molecular complexity index is 541. The molecule has 0 unspecified atom stereocenters. The topological polar surface area (TPSA) is 67.2 Å². The van der Waals surface area contributed by atoms with Crippen LogP contribution in [0.25, 0.3) is 0 Å². The minimum absolute atomic E-state index is 0.0926. The summed E-state index contributed by atoms with van der Waals surface area (Å²) in [5.41, 5.74) is 1.53. The van der Waals surface area contributed by atoms with E-state index in [-0.39, 0.29) is 18.4 Å². The number of amides is 2. The molecule has 1 aromatic rings. The molecule has 0 saturated carbocycles. The molecule has 0 aromatic carbocycles. The van der Waals surface area contributed by atoms with Gasteiger partial charge in [0.05, 0.1) is 16.4 Å². The third-order valence-corrected chi connectivity index (χ3v) is 4.23. The van der Waals surface area contributed by atoms with E-state index in [9.17, 15) is 9.59 Å². The number of aryl methyl sites for hydroxylation is 1. The number of rotatable bonds is 6. The lowest BCUT2D eigenvalue weighted by Gasteiger charge is -2.15. The van der Waals surface area contributed by atoms with E-state index in [1.165, 1.54) is 0 Å². The summed E-state index contributed by atoms with van der Waals surface area (Å²) in [6.07, 6.45) is 2.38. The normalized spacial score (nSPS) is 14.8. The van der Waals surface area contributed by atoms with Crippen LogP contribution < -0.4 is 5.32 Å². The summed E-state index contributed by atoms with van der Waals surface area (Å²) in [5.74, 6) is 0.128. The molecular weight excluding hydrogens is 292 g/mol. The van der Waals surface area contributed by atoms with E-state index in [2.05, 4.69) is 10.4 Å². The predicted octanol–water partition coefficient (Wildman–Crippen LogP) is 1.28. The molecular formula is C14H21ClN4O2. The third-order valence-electron chi connectivity index (χ3n) is 3.68. The maximum Gasteiger partial charge on any atom is 0.241 e. The Labute approximate surface area is 129 Å². The molecule has 1 aromatic heterocycles. The zero-order chi connectivity index (χ0) is 15.4. The van der Waals surface area contributed by atoms with E-state index in [1.54, 1.807) is 4.68 Å². The van der Waals surface area contributed by atoms with Crippen LogP contribution in [0.15, 0.2) is 0 Å². The Hall–Kier alpha value is -1.56. The van der Waals surface area contributed by atoms with E-state index in [0.29, 0.717) is 24.5 Å². The minimum Gasteiger partial charge on any atom is -0.354 e. The molecule has 0 spiro atoms. The van der Waals surface area contributed by atoms with Gasteiger partial charge in [0.2, 0.25) is 11.8 Å². The van der Waals surface area contributed by atoms with Crippen LogP contribution in [0.5, 0.6) is 0 Å². The van der Waals surface area contributed by atoms with Crippen molar-refractivity contribution in [2.24, 2.45) is 0 Å². The fraction of sp³-hybridized carbons (Fsp3) is 0.643. The molecule has 1 N–H and O–H groups in total. The van der Waals surface area contributed by atoms with Crippen LogP contribution in [-0.4, -0.2) is 46.1 Å². The summed E-state index contributed by atoms with van der Waals surface area (Å²) < 4.78 is 1.61. The number of hydrogen-bond donors (Lipinski definition) is 1. The summed E-state index contributed by atoms with van der Waals surface area (Å²) >= 11 is 6.04. The average molecular weight is 313 g/mol. The number of aromatic nitrogens is 2. The molecule has 0 aliphatic carbocycles. The maximum absolute atomic E-state index is 11.9. The van der Waals surface area contributed by atoms with Crippen molar-refractivity contribution in [3.8, 4) is 0 Å². The Morgan fingerprint density at radius 1 is 1.43 bits per heavy atom. The van der Waals surface area contributed by atoms with Crippen LogP contribution in [0.2, 0.25) is 5.02 Å². The van der Waals surface area contributed by atoms with Crippen molar-refractivity contribution in [3.63, 3.8) is 0 Å². The van der Waals surface area contributed by atoms with Gasteiger partial charge in [-0.1, -0.05) is 11.6 Å². The summed E-state index contributed by atoms with van der Waals surface area (Å²) in [6.45, 7) is 5.95. The Kier molecular flexibility index (Phi) is 5.22. The lowest BCUT2D eigenvalue weighted by atomic mass is 10.3. The second-order valence-electron chi connectivity index (χ2n) is 5.33. The van der Waals surface area contributed by atoms with Crippen LogP contribution in [0, 0.1) is 13.8 Å². The van der Waals surface area contributed by atoms with Gasteiger partial charge in [-0.2, -0.15) is 5.10 Å². The smallest absolute Gasteiger partial charge is 0.241 e. The first-order valence-electron chi connectivity index (χ1n) is 7.23. The van der Waals surface area contributed by atoms with Crippen LogP contribution in [0.1, 0.15) is 30.7 Å². The molecule has 1 saturated heterocycles. The fourth-order valence-corrected chi connectivity index (χ4v) is 2.59. The van der Waals surface area contributed by atoms with E-state index in [4.69, 9.17) is 11.6 Å². The summed E-state index contributed by atoms with van der Waals surface area (Å²) in [6, 6.07) is 0. The van der Waals surface area contributed by atoms with Crippen molar-refractivity contribution >= 4 is 23.4 Å². The highest BCUT2D eigenvalue weighted by Gasteiger charge is 2.19. The molecule has 21 heavy (non-hydrogen) atoms. The Morgan fingerprint density at radius 2 is 2.19 bits per heavy atom. The van der Waals surface area contributed by atoms with Crippen LogP contribution in [-0.2, 0) is 16.1 Å². The molecule has 0 radical (unpaired) electrons. The quantitative estimate of drug-likeness (QED) is 0.805. The second-order valence-corrected chi connectivity index (χ2v) is 5.71. The molecule has 1 aliphatic rings. The number of nitrogens with one attached hydrogen (secondary N) is 1. The zero-order valence-corrected chi connectivity index (χ0v) is 13.2. The van der Waals surface area contributed by atoms with Crippen LogP contribution in [0.4, 0.5) is 0 Å². The van der Waals surface area contributed by atoms with Gasteiger partial charge in [0.25, 0.3) is 0 Å². The highest BCUT2D eigenvalue weighted by Crippen LogP contribution is 2.18. The average Bonchev–Trinajstić information content (AvgIpc) is 2.95. The van der Waals surface area contributed by atoms with Crippen molar-refractivity contribution in [2.45, 2.75) is 39.7 Å². The summed E-state index contributed by atoms with van der Waals surface area (Å²) in [4.78, 5) is 25.1. The Balaban J connectivity index is 1.70. The second kappa shape index (κ2) is 6.93. The van der Waals surface area contributed by atoms with Gasteiger partial charge in [0.1, 0.15) is 6.54 Å². The number of likely N-dealkylation sites (tertiary alicyclic amines) is 1. The molecule has 0 atom stereocenters. The van der Waals surface area contributed by atoms with Crippen molar-refractivity contribution < 1.29 is 9.59 Å². The minimum atomic E-state index is -0.0926. The zero-order valence-electron chi connectivity index (χ0n) is 12.5. The van der Waals surface area contributed by atoms with E-state index >= 15 is 0 Å². The molecule has 1 fully saturated rings. The molecule has 7 heteroatoms. The van der Waals surface area contributed by atoms with Gasteiger partial charge >= 0.3 is 0 Å². The van der Waals surface area contributed by atoms with E-state index in [0.717, 1.165) is 30.8 Å². The van der Waals surface area contributed by atoms with Gasteiger partial charge in [-0.25, -0.2) is 0 Å². The molecule has 2 heterocycles. The van der Waals surface area contributed by atoms with Crippen molar-refractivity contribution in [2.75, 3.05) is 19.6 Å². The van der Waals surface area contributed by atoms with Crippen molar-refractivity contribution in [3.05, 3.63) is 16.4 Å². The van der Waals surface area contributed by atoms with Crippen LogP contribution >= 0.6 is 11.6 Å². The first-order valence-corrected chi connectivity index (χ1v) is 7.61. The first kappa shape index (κ1) is 15.8. The number of carbonyl (C=O) groups is 2. The molecule has 2 amide bonds. The number of halogens is 1. The van der Waals surface area contributed by atoms with Crippen molar-refractivity contribution in [1.82, 2.24) is 20.0 Å². The molecule has 1 aliphatic heterocycles. The standard InChI is InChI=1S/C14H21ClN4O2/c1-10-14(15)11(2)19(17-10)9-12(20)16-6-4-8-18-7-3-5-13(18)21/h3-9H2,1-2H3,(H,16,20). The van der Waals surface area contributed by atoms with Gasteiger partial charge < -0.3 is 10.2 Å². The largest absolute Gasteiger partial charge is 0.354 e. The summed E-state index contributed by atoms with van der Waals surface area (Å²) in [7, 11) is 0. The lowest BCUT2D eigenvalue weighted by Crippen LogP contribution is -2.32. The molecule has 6 nitrogen and oxygen atoms in total. The Morgan fingerprint density at radius 3 is 2.76 bits per heavy atom. The van der Waals surface area contributed by atoms with Gasteiger partial charge in [-0.3, -0.25) is 14.3 Å². The number of hydrogen-bond acceptors (Lipinski definition) is 3. The highest BCUT2D eigenvalue weighted by atomic mass is 35.5. The number of carbonyl (C=O) groups excluding carboxylic acids is 2. The molecule has 2 rings (SSSR count).